The maximum atomic E-state index is 13.3. The summed E-state index contributed by atoms with van der Waals surface area (Å²) in [5.41, 5.74) is 2.05. The smallest absolute Gasteiger partial charge is 0.355 e. The van der Waals surface area contributed by atoms with Gasteiger partial charge in [-0.05, 0) is 70.1 Å². The summed E-state index contributed by atoms with van der Waals surface area (Å²) in [6.07, 6.45) is 0.668. The molecule has 1 fully saturated rings. The molecule has 2 heterocycles. The minimum atomic E-state index is -0.805. The van der Waals surface area contributed by atoms with E-state index in [0.717, 1.165) is 19.6 Å². The highest BCUT2D eigenvalue weighted by molar-refractivity contribution is 6.46. The van der Waals surface area contributed by atoms with Gasteiger partial charge in [0.2, 0.25) is 0 Å². The molecular weight excluding hydrogens is 482 g/mol. The fourth-order valence-electron chi connectivity index (χ4n) is 4.79. The largest absolute Gasteiger partial charge is 0.507 e. The highest BCUT2D eigenvalue weighted by Crippen LogP contribution is 2.41. The molecule has 1 aromatic carbocycles. The molecule has 0 aliphatic carbocycles. The van der Waals surface area contributed by atoms with Gasteiger partial charge in [0.15, 0.2) is 0 Å². The lowest BCUT2D eigenvalue weighted by Gasteiger charge is -2.27. The number of H-pyrrole nitrogens is 1. The first-order valence-electron chi connectivity index (χ1n) is 12.3. The summed E-state index contributed by atoms with van der Waals surface area (Å²) in [7, 11) is 0. The number of nitrogens with one attached hydrogen (secondary N) is 1. The van der Waals surface area contributed by atoms with Gasteiger partial charge in [-0.2, -0.15) is 0 Å². The summed E-state index contributed by atoms with van der Waals surface area (Å²) >= 11 is 6.26. The number of halogens is 1. The van der Waals surface area contributed by atoms with E-state index in [2.05, 4.69) is 23.7 Å². The molecule has 194 valence electrons. The number of aliphatic hydroxyl groups excluding tert-OH is 1. The van der Waals surface area contributed by atoms with Crippen LogP contribution in [0.1, 0.15) is 66.1 Å². The summed E-state index contributed by atoms with van der Waals surface area (Å²) in [5.74, 6) is -2.32. The summed E-state index contributed by atoms with van der Waals surface area (Å²) < 4.78 is 5.11. The molecule has 36 heavy (non-hydrogen) atoms. The van der Waals surface area contributed by atoms with E-state index in [-0.39, 0.29) is 23.6 Å². The fraction of sp³-hybridized carbons (Fsp3) is 0.444. The van der Waals surface area contributed by atoms with Crippen molar-refractivity contribution in [3.63, 3.8) is 0 Å². The molecule has 2 N–H and O–H groups in total. The summed E-state index contributed by atoms with van der Waals surface area (Å²) in [6.45, 7) is 12.3. The maximum absolute atomic E-state index is 13.3. The van der Waals surface area contributed by atoms with Crippen molar-refractivity contribution in [1.82, 2.24) is 14.8 Å². The number of aliphatic hydroxyl groups is 1. The normalized spacial score (nSPS) is 17.3. The van der Waals surface area contributed by atoms with Gasteiger partial charge < -0.3 is 24.6 Å². The third-order valence-corrected chi connectivity index (χ3v) is 6.86. The number of amides is 1. The monoisotopic (exact) mass is 515 g/mol. The topological polar surface area (TPSA) is 103 Å². The number of Topliss-reactive ketones (excluding diaryl/α,β-unsaturated/α-hetero) is 1. The molecule has 1 atom stereocenters. The Hall–Kier alpha value is -3.10. The van der Waals surface area contributed by atoms with Crippen molar-refractivity contribution in [1.29, 1.82) is 0 Å². The number of carbonyl (C=O) groups is 3. The Labute approximate surface area is 216 Å². The zero-order chi connectivity index (χ0) is 26.6. The van der Waals surface area contributed by atoms with Crippen molar-refractivity contribution >= 4 is 35.0 Å². The second kappa shape index (κ2) is 11.8. The van der Waals surface area contributed by atoms with Gasteiger partial charge in [0, 0.05) is 22.8 Å². The van der Waals surface area contributed by atoms with Crippen molar-refractivity contribution in [2.45, 2.75) is 47.1 Å². The van der Waals surface area contributed by atoms with Crippen molar-refractivity contribution in [2.75, 3.05) is 32.8 Å². The molecule has 1 aliphatic rings. The number of benzene rings is 1. The van der Waals surface area contributed by atoms with Gasteiger partial charge in [0.1, 0.15) is 11.5 Å². The molecule has 0 saturated carbocycles. The number of nitrogens with zero attached hydrogens (tertiary/aromatic N) is 2. The van der Waals surface area contributed by atoms with Crippen LogP contribution in [0.15, 0.2) is 29.8 Å². The molecule has 1 aromatic heterocycles. The van der Waals surface area contributed by atoms with Crippen LogP contribution in [0, 0.1) is 13.8 Å². The Morgan fingerprint density at radius 1 is 1.19 bits per heavy atom. The molecule has 1 saturated heterocycles. The number of rotatable bonds is 10. The van der Waals surface area contributed by atoms with Crippen LogP contribution < -0.4 is 0 Å². The highest BCUT2D eigenvalue weighted by Gasteiger charge is 2.46. The van der Waals surface area contributed by atoms with Crippen LogP contribution in [-0.2, 0) is 14.3 Å². The third kappa shape index (κ3) is 5.34. The van der Waals surface area contributed by atoms with Gasteiger partial charge in [-0.3, -0.25) is 9.59 Å². The number of esters is 1. The molecule has 2 aromatic rings. The second-order valence-electron chi connectivity index (χ2n) is 8.77. The van der Waals surface area contributed by atoms with E-state index in [1.54, 1.807) is 45.0 Å². The Kier molecular flexibility index (Phi) is 8.98. The van der Waals surface area contributed by atoms with E-state index in [0.29, 0.717) is 40.4 Å². The molecule has 0 bridgehead atoms. The van der Waals surface area contributed by atoms with Crippen molar-refractivity contribution < 1.29 is 24.2 Å². The molecule has 1 aliphatic heterocycles. The lowest BCUT2D eigenvalue weighted by Crippen LogP contribution is -2.33. The SMILES string of the molecule is CCOC(=O)c1[nH]c(C)c(/C(O)=C2\C(=O)C(=O)N(CCCN(CC)CC)C2c2cccc(Cl)c2)c1C. The maximum Gasteiger partial charge on any atom is 0.355 e. The van der Waals surface area contributed by atoms with Gasteiger partial charge >= 0.3 is 5.97 Å². The van der Waals surface area contributed by atoms with E-state index in [9.17, 15) is 19.5 Å². The number of hydrogen-bond donors (Lipinski definition) is 2. The summed E-state index contributed by atoms with van der Waals surface area (Å²) in [5, 5.41) is 11.9. The first-order valence-corrected chi connectivity index (χ1v) is 12.7. The Morgan fingerprint density at radius 3 is 2.50 bits per heavy atom. The van der Waals surface area contributed by atoms with E-state index >= 15 is 0 Å². The average molecular weight is 516 g/mol. The molecule has 0 spiro atoms. The molecule has 1 amide bonds. The Morgan fingerprint density at radius 2 is 1.89 bits per heavy atom. The summed E-state index contributed by atoms with van der Waals surface area (Å²) in [6, 6.07) is 6.14. The Bertz CT molecular complexity index is 1180. The van der Waals surface area contributed by atoms with Crippen LogP contribution in [0.4, 0.5) is 0 Å². The highest BCUT2D eigenvalue weighted by atomic mass is 35.5. The zero-order valence-corrected chi connectivity index (χ0v) is 22.2. The van der Waals surface area contributed by atoms with Crippen molar-refractivity contribution in [2.24, 2.45) is 0 Å². The van der Waals surface area contributed by atoms with Crippen LogP contribution in [0.2, 0.25) is 5.02 Å². The van der Waals surface area contributed by atoms with Crippen LogP contribution in [0.3, 0.4) is 0 Å². The van der Waals surface area contributed by atoms with Gasteiger partial charge in [-0.1, -0.05) is 37.6 Å². The van der Waals surface area contributed by atoms with Crippen LogP contribution in [0.5, 0.6) is 0 Å². The first-order chi connectivity index (χ1) is 17.2. The minimum Gasteiger partial charge on any atom is -0.507 e. The third-order valence-electron chi connectivity index (χ3n) is 6.63. The second-order valence-corrected chi connectivity index (χ2v) is 9.21. The van der Waals surface area contributed by atoms with E-state index in [1.165, 1.54) is 4.90 Å². The van der Waals surface area contributed by atoms with Crippen LogP contribution in [0.25, 0.3) is 5.76 Å². The fourth-order valence-corrected chi connectivity index (χ4v) is 4.98. The predicted molar refractivity (Wildman–Crippen MR) is 139 cm³/mol. The summed E-state index contributed by atoms with van der Waals surface area (Å²) in [4.78, 5) is 45.6. The van der Waals surface area contributed by atoms with Crippen molar-refractivity contribution in [3.8, 4) is 0 Å². The standard InChI is InChI=1S/C27H34ClN3O5/c1-6-30(7-2)13-10-14-31-23(18-11-9-12-19(28)15-18)21(25(33)26(31)34)24(32)20-16(4)22(29-17(20)5)27(35)36-8-3/h9,11-12,15,23,29,32H,6-8,10,13-14H2,1-5H3/b24-21+. The number of likely N-dealkylation sites (tertiary alicyclic amines) is 1. The van der Waals surface area contributed by atoms with E-state index < -0.39 is 23.7 Å². The first kappa shape index (κ1) is 27.5. The predicted octanol–water partition coefficient (Wildman–Crippen LogP) is 4.62. The number of aryl methyl sites for hydroxylation is 1. The number of ether oxygens (including phenoxy) is 1. The average Bonchev–Trinajstić information content (AvgIpc) is 3.29. The van der Waals surface area contributed by atoms with Crippen LogP contribution >= 0.6 is 11.6 Å². The lowest BCUT2D eigenvalue weighted by molar-refractivity contribution is -0.140. The number of aromatic nitrogens is 1. The minimum absolute atomic E-state index is 0.0225. The van der Waals surface area contributed by atoms with Crippen LogP contribution in [-0.4, -0.2) is 70.3 Å². The Balaban J connectivity index is 2.11. The van der Waals surface area contributed by atoms with Gasteiger partial charge in [-0.25, -0.2) is 4.79 Å². The number of hydrogen-bond acceptors (Lipinski definition) is 6. The number of carbonyl (C=O) groups excluding carboxylic acids is 3. The van der Waals surface area contributed by atoms with E-state index in [1.807, 2.05) is 0 Å². The van der Waals surface area contributed by atoms with E-state index in [4.69, 9.17) is 16.3 Å². The van der Waals surface area contributed by atoms with Gasteiger partial charge in [-0.15, -0.1) is 0 Å². The van der Waals surface area contributed by atoms with Gasteiger partial charge in [0.05, 0.1) is 18.2 Å². The zero-order valence-electron chi connectivity index (χ0n) is 21.5. The molecule has 1 unspecified atom stereocenters. The van der Waals surface area contributed by atoms with Gasteiger partial charge in [0.25, 0.3) is 11.7 Å². The molecule has 9 heteroatoms. The number of aromatic amines is 1. The molecular formula is C27H34ClN3O5. The molecule has 3 rings (SSSR count). The number of ketones is 1. The lowest BCUT2D eigenvalue weighted by atomic mass is 9.94. The molecule has 8 nitrogen and oxygen atoms in total. The molecule has 0 radical (unpaired) electrons. The quantitative estimate of drug-likeness (QED) is 0.207. The van der Waals surface area contributed by atoms with Crippen molar-refractivity contribution in [3.05, 3.63) is 62.9 Å².